The topological polar surface area (TPSA) is 127 Å². The zero-order valence-corrected chi connectivity index (χ0v) is 18.8. The Morgan fingerprint density at radius 2 is 1.74 bits per heavy atom. The first-order valence-electron chi connectivity index (χ1n) is 10.5. The molecule has 0 aliphatic rings. The van der Waals surface area contributed by atoms with Crippen LogP contribution in [0.3, 0.4) is 0 Å². The van der Waals surface area contributed by atoms with E-state index in [-0.39, 0.29) is 12.2 Å². The highest BCUT2D eigenvalue weighted by Gasteiger charge is 2.25. The molecule has 4 amide bonds. The van der Waals surface area contributed by atoms with Gasteiger partial charge in [0.1, 0.15) is 6.04 Å². The number of carbonyl (C=O) groups excluding carboxylic acids is 4. The maximum absolute atomic E-state index is 12.7. The van der Waals surface area contributed by atoms with Crippen LogP contribution in [-0.4, -0.2) is 36.5 Å². The number of amides is 4. The standard InChI is InChI=1S/C25H25N3O6/c1-16-10-11-19(17(2)13-16)27-25(32)28-22(29)15-34-24(31)20(14-18-7-4-3-5-8-18)26-23(30)21-9-6-12-33-21/h3-13,20H,14-15H2,1-2H3,(H,26,30)(H2,27,28,29,32)/t20-/m0/s1. The molecule has 1 aromatic heterocycles. The van der Waals surface area contributed by atoms with Crippen LogP contribution >= 0.6 is 0 Å². The van der Waals surface area contributed by atoms with Crippen molar-refractivity contribution >= 4 is 29.5 Å². The van der Waals surface area contributed by atoms with Gasteiger partial charge < -0.3 is 19.8 Å². The fourth-order valence-corrected chi connectivity index (χ4v) is 3.19. The second kappa shape index (κ2) is 11.5. The minimum Gasteiger partial charge on any atom is -0.459 e. The van der Waals surface area contributed by atoms with Crippen LogP contribution in [0.4, 0.5) is 10.5 Å². The van der Waals surface area contributed by atoms with Gasteiger partial charge in [-0.15, -0.1) is 0 Å². The van der Waals surface area contributed by atoms with Gasteiger partial charge in [-0.1, -0.05) is 48.0 Å². The summed E-state index contributed by atoms with van der Waals surface area (Å²) in [4.78, 5) is 49.3. The molecule has 0 aliphatic carbocycles. The highest BCUT2D eigenvalue weighted by atomic mass is 16.5. The van der Waals surface area contributed by atoms with E-state index in [0.717, 1.165) is 16.7 Å². The number of hydrogen-bond donors (Lipinski definition) is 3. The molecule has 34 heavy (non-hydrogen) atoms. The maximum atomic E-state index is 12.7. The van der Waals surface area contributed by atoms with E-state index in [1.165, 1.54) is 12.3 Å². The number of anilines is 1. The predicted molar refractivity (Wildman–Crippen MR) is 124 cm³/mol. The van der Waals surface area contributed by atoms with Crippen LogP contribution < -0.4 is 16.0 Å². The molecule has 2 aromatic carbocycles. The van der Waals surface area contributed by atoms with Crippen molar-refractivity contribution in [1.29, 1.82) is 0 Å². The summed E-state index contributed by atoms with van der Waals surface area (Å²) < 4.78 is 10.1. The Labute approximate surface area is 196 Å². The number of aryl methyl sites for hydroxylation is 2. The van der Waals surface area contributed by atoms with Crippen molar-refractivity contribution in [3.8, 4) is 0 Å². The minimum atomic E-state index is -1.07. The Kier molecular flexibility index (Phi) is 8.17. The number of esters is 1. The van der Waals surface area contributed by atoms with E-state index in [2.05, 4.69) is 16.0 Å². The van der Waals surface area contributed by atoms with Crippen molar-refractivity contribution in [2.24, 2.45) is 0 Å². The van der Waals surface area contributed by atoms with Gasteiger partial charge in [-0.3, -0.25) is 14.9 Å². The van der Waals surface area contributed by atoms with Crippen molar-refractivity contribution < 1.29 is 28.3 Å². The lowest BCUT2D eigenvalue weighted by atomic mass is 10.1. The average Bonchev–Trinajstić information content (AvgIpc) is 3.35. The molecule has 9 heteroatoms. The summed E-state index contributed by atoms with van der Waals surface area (Å²) in [6, 6.07) is 15.6. The molecule has 1 heterocycles. The van der Waals surface area contributed by atoms with Crippen molar-refractivity contribution in [2.45, 2.75) is 26.3 Å². The van der Waals surface area contributed by atoms with Gasteiger partial charge in [-0.05, 0) is 43.2 Å². The number of urea groups is 1. The van der Waals surface area contributed by atoms with Gasteiger partial charge in [-0.2, -0.15) is 0 Å². The minimum absolute atomic E-state index is 0.0340. The van der Waals surface area contributed by atoms with E-state index in [4.69, 9.17) is 9.15 Å². The van der Waals surface area contributed by atoms with Crippen LogP contribution in [0.5, 0.6) is 0 Å². The Balaban J connectivity index is 1.56. The molecular formula is C25H25N3O6. The normalized spacial score (nSPS) is 11.2. The highest BCUT2D eigenvalue weighted by Crippen LogP contribution is 2.15. The van der Waals surface area contributed by atoms with Crippen molar-refractivity contribution in [1.82, 2.24) is 10.6 Å². The zero-order chi connectivity index (χ0) is 24.5. The fourth-order valence-electron chi connectivity index (χ4n) is 3.19. The van der Waals surface area contributed by atoms with Crippen molar-refractivity contribution in [3.05, 3.63) is 89.4 Å². The lowest BCUT2D eigenvalue weighted by Crippen LogP contribution is -2.45. The molecule has 1 atom stereocenters. The molecular weight excluding hydrogens is 438 g/mol. The zero-order valence-electron chi connectivity index (χ0n) is 18.8. The molecule has 0 fully saturated rings. The van der Waals surface area contributed by atoms with Gasteiger partial charge in [-0.25, -0.2) is 9.59 Å². The van der Waals surface area contributed by atoms with Crippen LogP contribution in [0.15, 0.2) is 71.3 Å². The number of rotatable bonds is 8. The van der Waals surface area contributed by atoms with E-state index < -0.39 is 36.5 Å². The average molecular weight is 463 g/mol. The van der Waals surface area contributed by atoms with Crippen LogP contribution in [0.25, 0.3) is 0 Å². The first kappa shape index (κ1) is 24.2. The van der Waals surface area contributed by atoms with Gasteiger partial charge >= 0.3 is 12.0 Å². The highest BCUT2D eigenvalue weighted by molar-refractivity contribution is 6.02. The Bertz CT molecular complexity index is 1160. The predicted octanol–water partition coefficient (Wildman–Crippen LogP) is 3.13. The number of benzene rings is 2. The number of hydrogen-bond acceptors (Lipinski definition) is 6. The molecule has 9 nitrogen and oxygen atoms in total. The molecule has 0 bridgehead atoms. The molecule has 0 saturated carbocycles. The smallest absolute Gasteiger partial charge is 0.329 e. The number of imide groups is 1. The lowest BCUT2D eigenvalue weighted by molar-refractivity contribution is -0.150. The summed E-state index contributed by atoms with van der Waals surface area (Å²) in [5.74, 6) is -2.20. The molecule has 3 N–H and O–H groups in total. The quantitative estimate of drug-likeness (QED) is 0.441. The van der Waals surface area contributed by atoms with Gasteiger partial charge in [0.05, 0.1) is 6.26 Å². The molecule has 0 radical (unpaired) electrons. The van der Waals surface area contributed by atoms with Gasteiger partial charge in [0, 0.05) is 12.1 Å². The van der Waals surface area contributed by atoms with Gasteiger partial charge in [0.25, 0.3) is 11.8 Å². The molecule has 3 aromatic rings. The van der Waals surface area contributed by atoms with Crippen LogP contribution in [0.2, 0.25) is 0 Å². The van der Waals surface area contributed by atoms with Gasteiger partial charge in [0.2, 0.25) is 0 Å². The maximum Gasteiger partial charge on any atom is 0.329 e. The number of carbonyl (C=O) groups is 4. The van der Waals surface area contributed by atoms with Gasteiger partial charge in [0.15, 0.2) is 12.4 Å². The summed E-state index contributed by atoms with van der Waals surface area (Å²) >= 11 is 0. The first-order chi connectivity index (χ1) is 16.3. The van der Waals surface area contributed by atoms with E-state index >= 15 is 0 Å². The number of nitrogens with one attached hydrogen (secondary N) is 3. The Morgan fingerprint density at radius 3 is 2.41 bits per heavy atom. The molecule has 0 spiro atoms. The van der Waals surface area contributed by atoms with Crippen LogP contribution in [0.1, 0.15) is 27.2 Å². The first-order valence-corrected chi connectivity index (χ1v) is 10.5. The third kappa shape index (κ3) is 7.06. The molecule has 0 saturated heterocycles. The SMILES string of the molecule is Cc1ccc(NC(=O)NC(=O)COC(=O)[C@H](Cc2ccccc2)NC(=O)c2ccco2)c(C)c1. The van der Waals surface area contributed by atoms with Crippen molar-refractivity contribution in [2.75, 3.05) is 11.9 Å². The third-order valence-electron chi connectivity index (χ3n) is 4.85. The number of furan rings is 1. The third-order valence-corrected chi connectivity index (χ3v) is 4.85. The molecule has 0 unspecified atom stereocenters. The van der Waals surface area contributed by atoms with E-state index in [1.807, 2.05) is 32.0 Å². The summed E-state index contributed by atoms with van der Waals surface area (Å²) in [5, 5.41) is 7.24. The summed E-state index contributed by atoms with van der Waals surface area (Å²) in [6.07, 6.45) is 1.48. The van der Waals surface area contributed by atoms with Crippen molar-refractivity contribution in [3.63, 3.8) is 0 Å². The summed E-state index contributed by atoms with van der Waals surface area (Å²) in [7, 11) is 0. The Morgan fingerprint density at radius 1 is 0.971 bits per heavy atom. The number of ether oxygens (including phenoxy) is 1. The van der Waals surface area contributed by atoms with Crippen LogP contribution in [-0.2, 0) is 20.7 Å². The van der Waals surface area contributed by atoms with E-state index in [9.17, 15) is 19.2 Å². The molecule has 3 rings (SSSR count). The fraction of sp³-hybridized carbons (Fsp3) is 0.200. The van der Waals surface area contributed by atoms with E-state index in [0.29, 0.717) is 5.69 Å². The largest absolute Gasteiger partial charge is 0.459 e. The Hall–Kier alpha value is -4.40. The molecule has 176 valence electrons. The monoisotopic (exact) mass is 463 g/mol. The second-order valence-corrected chi connectivity index (χ2v) is 7.62. The van der Waals surface area contributed by atoms with E-state index in [1.54, 1.807) is 36.4 Å². The summed E-state index contributed by atoms with van der Waals surface area (Å²) in [6.45, 7) is 3.06. The second-order valence-electron chi connectivity index (χ2n) is 7.62. The summed E-state index contributed by atoms with van der Waals surface area (Å²) in [5.41, 5.74) is 3.21. The van der Waals surface area contributed by atoms with Crippen LogP contribution in [0, 0.1) is 13.8 Å². The lowest BCUT2D eigenvalue weighted by Gasteiger charge is -2.17. The molecule has 0 aliphatic heterocycles.